The van der Waals surface area contributed by atoms with Crippen molar-refractivity contribution >= 4 is 11.0 Å². The molecule has 10 heteroatoms. The number of hydrogen-bond acceptors (Lipinski definition) is 3. The van der Waals surface area contributed by atoms with Crippen molar-refractivity contribution < 1.29 is 31.4 Å². The van der Waals surface area contributed by atoms with Gasteiger partial charge >= 0.3 is 12.4 Å². The molecule has 1 unspecified atom stereocenters. The first-order valence-corrected chi connectivity index (χ1v) is 8.89. The molecule has 0 fully saturated rings. The molecule has 0 saturated carbocycles. The minimum Gasteiger partial charge on any atom is -0.389 e. The van der Waals surface area contributed by atoms with E-state index in [4.69, 9.17) is 5.73 Å². The van der Waals surface area contributed by atoms with Crippen LogP contribution in [0.2, 0.25) is 0 Å². The second-order valence-electron chi connectivity index (χ2n) is 7.66. The van der Waals surface area contributed by atoms with Crippen LogP contribution in [0.25, 0.3) is 22.3 Å². The zero-order valence-electron chi connectivity index (χ0n) is 16.0. The molecule has 4 nitrogen and oxygen atoms in total. The van der Waals surface area contributed by atoms with Crippen LogP contribution in [0.1, 0.15) is 31.0 Å². The van der Waals surface area contributed by atoms with Crippen molar-refractivity contribution in [2.75, 3.05) is 0 Å². The quantitative estimate of drug-likeness (QED) is 0.568. The van der Waals surface area contributed by atoms with Crippen LogP contribution in [0.4, 0.5) is 26.3 Å². The van der Waals surface area contributed by atoms with E-state index < -0.39 is 29.6 Å². The van der Waals surface area contributed by atoms with E-state index in [9.17, 15) is 31.4 Å². The van der Waals surface area contributed by atoms with E-state index in [1.54, 1.807) is 0 Å². The zero-order valence-corrected chi connectivity index (χ0v) is 16.0. The molecule has 0 spiro atoms. The van der Waals surface area contributed by atoms with E-state index in [0.29, 0.717) is 0 Å². The van der Waals surface area contributed by atoms with E-state index >= 15 is 0 Å². The first-order valence-electron chi connectivity index (χ1n) is 8.89. The average Bonchev–Trinajstić information content (AvgIpc) is 2.95. The number of nitrogens with two attached hydrogens (primary N) is 1. The maximum absolute atomic E-state index is 13.4. The smallest absolute Gasteiger partial charge is 0.389 e. The molecule has 0 aliphatic carbocycles. The molecule has 1 aromatic carbocycles. The Bertz CT molecular complexity index is 1060. The molecule has 2 heterocycles. The Morgan fingerprint density at radius 1 is 1.03 bits per heavy atom. The number of alkyl halides is 6. The van der Waals surface area contributed by atoms with Crippen molar-refractivity contribution in [2.45, 2.75) is 44.4 Å². The third-order valence-corrected chi connectivity index (χ3v) is 4.51. The van der Waals surface area contributed by atoms with Gasteiger partial charge in [0.15, 0.2) is 0 Å². The number of benzene rings is 1. The number of halogens is 6. The maximum atomic E-state index is 13.4. The third kappa shape index (κ3) is 4.44. The molecule has 0 saturated heterocycles. The predicted molar refractivity (Wildman–Crippen MR) is 99.5 cm³/mol. The molecule has 0 radical (unpaired) electrons. The standard InChI is InChI=1S/C20H19F6N3O/c1-18(2,30)10-29-9-13(16(27)20(24,25)26)11-7-8-15(28-17(11)29)12-5-3-4-6-14(12)19(21,22)23/h3-9,16,30H,10,27H2,1-2H3. The summed E-state index contributed by atoms with van der Waals surface area (Å²) in [6.07, 6.45) is -8.23. The van der Waals surface area contributed by atoms with Gasteiger partial charge in [0.25, 0.3) is 0 Å². The number of fused-ring (bicyclic) bond motifs is 1. The second kappa shape index (κ2) is 7.28. The highest BCUT2D eigenvalue weighted by Gasteiger charge is 2.40. The van der Waals surface area contributed by atoms with Crippen molar-refractivity contribution in [1.29, 1.82) is 0 Å². The average molecular weight is 431 g/mol. The van der Waals surface area contributed by atoms with Gasteiger partial charge in [-0.05, 0) is 32.0 Å². The molecule has 0 aliphatic rings. The second-order valence-corrected chi connectivity index (χ2v) is 7.66. The monoisotopic (exact) mass is 431 g/mol. The molecule has 3 rings (SSSR count). The van der Waals surface area contributed by atoms with Gasteiger partial charge in [0.1, 0.15) is 11.7 Å². The Labute approximate surface area is 167 Å². The van der Waals surface area contributed by atoms with Crippen molar-refractivity contribution in [3.05, 3.63) is 53.7 Å². The number of hydrogen-bond donors (Lipinski definition) is 2. The summed E-state index contributed by atoms with van der Waals surface area (Å²) < 4.78 is 81.1. The van der Waals surface area contributed by atoms with Crippen LogP contribution in [-0.4, -0.2) is 26.4 Å². The summed E-state index contributed by atoms with van der Waals surface area (Å²) in [5, 5.41) is 10.2. The summed E-state index contributed by atoms with van der Waals surface area (Å²) in [4.78, 5) is 4.22. The minimum absolute atomic E-state index is 0.00121. The SMILES string of the molecule is CC(C)(O)Cn1cc(C(N)C(F)(F)F)c2ccc(-c3ccccc3C(F)(F)F)nc21. The van der Waals surface area contributed by atoms with Gasteiger partial charge in [0.05, 0.1) is 23.4 Å². The summed E-state index contributed by atoms with van der Waals surface area (Å²) >= 11 is 0. The van der Waals surface area contributed by atoms with Crippen LogP contribution in [0.3, 0.4) is 0 Å². The Morgan fingerprint density at radius 2 is 1.67 bits per heavy atom. The fourth-order valence-corrected chi connectivity index (χ4v) is 3.26. The fraction of sp³-hybridized carbons (Fsp3) is 0.350. The number of aromatic nitrogens is 2. The Balaban J connectivity index is 2.25. The van der Waals surface area contributed by atoms with Gasteiger partial charge < -0.3 is 15.4 Å². The summed E-state index contributed by atoms with van der Waals surface area (Å²) in [5.41, 5.74) is 2.61. The molecule has 1 atom stereocenters. The number of aliphatic hydroxyl groups is 1. The van der Waals surface area contributed by atoms with E-state index in [1.807, 2.05) is 0 Å². The summed E-state index contributed by atoms with van der Waals surface area (Å²) in [5.74, 6) is 0. The molecule has 162 valence electrons. The molecule has 2 aromatic heterocycles. The molecule has 0 amide bonds. The molecule has 30 heavy (non-hydrogen) atoms. The highest BCUT2D eigenvalue weighted by atomic mass is 19.4. The van der Waals surface area contributed by atoms with Crippen LogP contribution in [-0.2, 0) is 12.7 Å². The Hall–Kier alpha value is -2.59. The molecule has 0 bridgehead atoms. The van der Waals surface area contributed by atoms with Crippen molar-refractivity contribution in [2.24, 2.45) is 5.73 Å². The summed E-state index contributed by atoms with van der Waals surface area (Å²) in [7, 11) is 0. The molecule has 0 aliphatic heterocycles. The van der Waals surface area contributed by atoms with E-state index in [0.717, 1.165) is 12.3 Å². The van der Waals surface area contributed by atoms with Gasteiger partial charge in [0.2, 0.25) is 0 Å². The summed E-state index contributed by atoms with van der Waals surface area (Å²) in [6, 6.07) is 4.99. The molecule has 3 N–H and O–H groups in total. The normalized spacial score (nSPS) is 14.3. The van der Waals surface area contributed by atoms with E-state index in [1.165, 1.54) is 48.7 Å². The highest BCUT2D eigenvalue weighted by Crippen LogP contribution is 2.39. The molecular weight excluding hydrogens is 412 g/mol. The lowest BCUT2D eigenvalue weighted by Crippen LogP contribution is -2.28. The van der Waals surface area contributed by atoms with Gasteiger partial charge in [-0.1, -0.05) is 18.2 Å². The van der Waals surface area contributed by atoms with Gasteiger partial charge in [-0.3, -0.25) is 0 Å². The highest BCUT2D eigenvalue weighted by molar-refractivity contribution is 5.84. The fourth-order valence-electron chi connectivity index (χ4n) is 3.26. The largest absolute Gasteiger partial charge is 0.417 e. The van der Waals surface area contributed by atoms with E-state index in [-0.39, 0.29) is 34.4 Å². The number of pyridine rings is 1. The Kier molecular flexibility index (Phi) is 5.36. The van der Waals surface area contributed by atoms with Gasteiger partial charge in [-0.25, -0.2) is 4.98 Å². The van der Waals surface area contributed by atoms with Gasteiger partial charge in [0, 0.05) is 22.7 Å². The maximum Gasteiger partial charge on any atom is 0.417 e. The van der Waals surface area contributed by atoms with Crippen LogP contribution in [0.5, 0.6) is 0 Å². The van der Waals surface area contributed by atoms with Gasteiger partial charge in [-0.2, -0.15) is 26.3 Å². The number of nitrogens with zero attached hydrogens (tertiary/aromatic N) is 2. The van der Waals surface area contributed by atoms with Crippen LogP contribution < -0.4 is 5.73 Å². The van der Waals surface area contributed by atoms with Crippen LogP contribution in [0.15, 0.2) is 42.6 Å². The first-order chi connectivity index (χ1) is 13.7. The summed E-state index contributed by atoms with van der Waals surface area (Å²) in [6.45, 7) is 2.77. The third-order valence-electron chi connectivity index (χ3n) is 4.51. The first kappa shape index (κ1) is 22.1. The lowest BCUT2D eigenvalue weighted by molar-refractivity contribution is -0.148. The number of rotatable bonds is 4. The van der Waals surface area contributed by atoms with Gasteiger partial charge in [-0.15, -0.1) is 0 Å². The van der Waals surface area contributed by atoms with Crippen LogP contribution in [0, 0.1) is 0 Å². The molecular formula is C20H19F6N3O. The van der Waals surface area contributed by atoms with Crippen molar-refractivity contribution in [1.82, 2.24) is 9.55 Å². The predicted octanol–water partition coefficient (Wildman–Crippen LogP) is 5.06. The molecule has 3 aromatic rings. The Morgan fingerprint density at radius 3 is 2.23 bits per heavy atom. The topological polar surface area (TPSA) is 64.1 Å². The zero-order chi connectivity index (χ0) is 22.5. The van der Waals surface area contributed by atoms with Crippen molar-refractivity contribution in [3.8, 4) is 11.3 Å². The lowest BCUT2D eigenvalue weighted by atomic mass is 10.0. The lowest BCUT2D eigenvalue weighted by Gasteiger charge is -2.18. The minimum atomic E-state index is -4.73. The van der Waals surface area contributed by atoms with E-state index in [2.05, 4.69) is 4.98 Å². The van der Waals surface area contributed by atoms with Crippen LogP contribution >= 0.6 is 0 Å². The van der Waals surface area contributed by atoms with Crippen molar-refractivity contribution in [3.63, 3.8) is 0 Å².